The highest BCUT2D eigenvalue weighted by Crippen LogP contribution is 2.25. The summed E-state index contributed by atoms with van der Waals surface area (Å²) in [6, 6.07) is 16.5. The molecule has 33 heavy (non-hydrogen) atoms. The minimum atomic E-state index is -0.735. The van der Waals surface area contributed by atoms with Crippen LogP contribution in [-0.2, 0) is 14.3 Å². The maximum atomic E-state index is 13.2. The van der Waals surface area contributed by atoms with Gasteiger partial charge in [-0.15, -0.1) is 0 Å². The molecule has 1 amide bonds. The van der Waals surface area contributed by atoms with Gasteiger partial charge in [-0.25, -0.2) is 13.9 Å². The number of benzene rings is 2. The van der Waals surface area contributed by atoms with Crippen molar-refractivity contribution in [2.75, 3.05) is 18.1 Å². The number of esters is 1. The fourth-order valence-corrected chi connectivity index (χ4v) is 3.37. The lowest BCUT2D eigenvalue weighted by Crippen LogP contribution is -2.35. The fourth-order valence-electron chi connectivity index (χ4n) is 3.03. The number of aromatic nitrogens is 2. The number of ether oxygens (including phenoxy) is 1. The van der Waals surface area contributed by atoms with Crippen LogP contribution in [0.25, 0.3) is 11.8 Å². The Bertz CT molecular complexity index is 1200. The van der Waals surface area contributed by atoms with E-state index in [0.717, 1.165) is 6.08 Å². The number of nitriles is 1. The summed E-state index contributed by atoms with van der Waals surface area (Å²) in [5.74, 6) is -1.56. The average molecular weight is 467 g/mol. The maximum absolute atomic E-state index is 13.2. The summed E-state index contributed by atoms with van der Waals surface area (Å²) in [6.07, 6.45) is 2.74. The van der Waals surface area contributed by atoms with Crippen LogP contribution < -0.4 is 4.90 Å². The second-order valence-electron chi connectivity index (χ2n) is 6.91. The molecule has 2 aromatic carbocycles. The predicted molar refractivity (Wildman–Crippen MR) is 122 cm³/mol. The molecule has 3 rings (SSSR count). The molecule has 1 aromatic heterocycles. The first kappa shape index (κ1) is 23.7. The van der Waals surface area contributed by atoms with Gasteiger partial charge in [0.2, 0.25) is 0 Å². The molecule has 1 heterocycles. The van der Waals surface area contributed by atoms with Gasteiger partial charge in [0.1, 0.15) is 11.0 Å². The number of nitrogens with zero attached hydrogens (tertiary/aromatic N) is 4. The number of rotatable bonds is 8. The van der Waals surface area contributed by atoms with Gasteiger partial charge in [-0.3, -0.25) is 4.79 Å². The zero-order valence-electron chi connectivity index (χ0n) is 17.7. The van der Waals surface area contributed by atoms with E-state index in [2.05, 4.69) is 5.10 Å². The van der Waals surface area contributed by atoms with Crippen molar-refractivity contribution in [3.8, 4) is 11.8 Å². The van der Waals surface area contributed by atoms with Crippen molar-refractivity contribution in [3.63, 3.8) is 0 Å². The molecule has 7 nitrogen and oxygen atoms in total. The lowest BCUT2D eigenvalue weighted by molar-refractivity contribution is -0.142. The average Bonchev–Trinajstić information content (AvgIpc) is 3.10. The second-order valence-corrected chi connectivity index (χ2v) is 7.27. The number of hydrogen-bond acceptors (Lipinski definition) is 5. The van der Waals surface area contributed by atoms with E-state index in [1.54, 1.807) is 31.2 Å². The second kappa shape index (κ2) is 11.1. The molecule has 0 unspecified atom stereocenters. The fraction of sp³-hybridized carbons (Fsp3) is 0.167. The highest BCUT2D eigenvalue weighted by molar-refractivity contribution is 6.31. The van der Waals surface area contributed by atoms with E-state index < -0.39 is 18.5 Å². The van der Waals surface area contributed by atoms with Gasteiger partial charge in [-0.05, 0) is 49.4 Å². The SMILES string of the molecule is Cc1nn(-c2ccc(F)cc2)c(Cl)c1/C=C/C(=O)OCC(=O)N(CCC#N)c1ccccc1. The molecule has 0 atom stereocenters. The zero-order valence-corrected chi connectivity index (χ0v) is 18.5. The Morgan fingerprint density at radius 3 is 2.58 bits per heavy atom. The number of anilines is 1. The van der Waals surface area contributed by atoms with Crippen LogP contribution in [0.3, 0.4) is 0 Å². The van der Waals surface area contributed by atoms with Gasteiger partial charge in [-0.1, -0.05) is 29.8 Å². The normalized spacial score (nSPS) is 10.7. The lowest BCUT2D eigenvalue weighted by atomic mass is 10.2. The summed E-state index contributed by atoms with van der Waals surface area (Å²) in [5.41, 5.74) is 2.22. The Morgan fingerprint density at radius 1 is 1.21 bits per heavy atom. The van der Waals surface area contributed by atoms with Crippen molar-refractivity contribution in [1.29, 1.82) is 5.26 Å². The minimum absolute atomic E-state index is 0.143. The predicted octanol–water partition coefficient (Wildman–Crippen LogP) is 4.48. The van der Waals surface area contributed by atoms with E-state index in [4.69, 9.17) is 21.6 Å². The third-order valence-corrected chi connectivity index (χ3v) is 5.02. The van der Waals surface area contributed by atoms with E-state index >= 15 is 0 Å². The number of carbonyl (C=O) groups is 2. The van der Waals surface area contributed by atoms with E-state index in [9.17, 15) is 14.0 Å². The Morgan fingerprint density at radius 2 is 1.91 bits per heavy atom. The zero-order chi connectivity index (χ0) is 23.8. The highest BCUT2D eigenvalue weighted by atomic mass is 35.5. The first-order valence-electron chi connectivity index (χ1n) is 9.99. The van der Waals surface area contributed by atoms with Crippen LogP contribution in [0.2, 0.25) is 5.15 Å². The van der Waals surface area contributed by atoms with Gasteiger partial charge in [0.15, 0.2) is 6.61 Å². The molecule has 0 aliphatic carbocycles. The largest absolute Gasteiger partial charge is 0.452 e. The molecule has 168 valence electrons. The molecule has 0 N–H and O–H groups in total. The highest BCUT2D eigenvalue weighted by Gasteiger charge is 2.17. The summed E-state index contributed by atoms with van der Waals surface area (Å²) in [7, 11) is 0. The Kier molecular flexibility index (Phi) is 7.95. The third kappa shape index (κ3) is 6.05. The number of para-hydroxylation sites is 1. The van der Waals surface area contributed by atoms with Crippen LogP contribution in [0.4, 0.5) is 10.1 Å². The first-order valence-corrected chi connectivity index (χ1v) is 10.4. The molecular weight excluding hydrogens is 447 g/mol. The Balaban J connectivity index is 1.66. The molecule has 0 aliphatic rings. The molecule has 0 bridgehead atoms. The summed E-state index contributed by atoms with van der Waals surface area (Å²) in [4.78, 5) is 26.2. The van der Waals surface area contributed by atoms with Gasteiger partial charge in [-0.2, -0.15) is 10.4 Å². The van der Waals surface area contributed by atoms with E-state index in [0.29, 0.717) is 22.6 Å². The minimum Gasteiger partial charge on any atom is -0.452 e. The van der Waals surface area contributed by atoms with E-state index in [1.807, 2.05) is 12.1 Å². The van der Waals surface area contributed by atoms with Gasteiger partial charge in [0.25, 0.3) is 5.91 Å². The van der Waals surface area contributed by atoms with Gasteiger partial charge in [0.05, 0.1) is 23.9 Å². The van der Waals surface area contributed by atoms with Crippen molar-refractivity contribution < 1.29 is 18.7 Å². The smallest absolute Gasteiger partial charge is 0.331 e. The number of amides is 1. The molecule has 0 fully saturated rings. The van der Waals surface area contributed by atoms with Crippen LogP contribution in [0.15, 0.2) is 60.7 Å². The molecule has 9 heteroatoms. The number of halogens is 2. The quantitative estimate of drug-likeness (QED) is 0.361. The summed E-state index contributed by atoms with van der Waals surface area (Å²) in [6.45, 7) is 1.42. The molecule has 0 aliphatic heterocycles. The van der Waals surface area contributed by atoms with Crippen molar-refractivity contribution in [1.82, 2.24) is 9.78 Å². The molecular formula is C24H20ClFN4O3. The molecule has 3 aromatic rings. The number of hydrogen-bond donors (Lipinski definition) is 0. The Labute approximate surface area is 195 Å². The third-order valence-electron chi connectivity index (χ3n) is 4.66. The summed E-state index contributed by atoms with van der Waals surface area (Å²) in [5, 5.41) is 13.4. The molecule has 0 spiro atoms. The number of carbonyl (C=O) groups excluding carboxylic acids is 2. The van der Waals surface area contributed by atoms with Gasteiger partial charge in [0, 0.05) is 23.9 Å². The maximum Gasteiger partial charge on any atom is 0.331 e. The van der Waals surface area contributed by atoms with Crippen LogP contribution in [0, 0.1) is 24.1 Å². The van der Waals surface area contributed by atoms with Gasteiger partial charge >= 0.3 is 5.97 Å². The molecule has 0 radical (unpaired) electrons. The Hall–Kier alpha value is -3.96. The van der Waals surface area contributed by atoms with Crippen LogP contribution in [0.5, 0.6) is 0 Å². The van der Waals surface area contributed by atoms with Crippen molar-refractivity contribution in [2.45, 2.75) is 13.3 Å². The van der Waals surface area contributed by atoms with E-state index in [1.165, 1.54) is 39.9 Å². The summed E-state index contributed by atoms with van der Waals surface area (Å²) >= 11 is 6.39. The molecule has 0 saturated heterocycles. The first-order chi connectivity index (χ1) is 15.9. The van der Waals surface area contributed by atoms with Crippen LogP contribution >= 0.6 is 11.6 Å². The van der Waals surface area contributed by atoms with Crippen LogP contribution in [0.1, 0.15) is 17.7 Å². The lowest BCUT2D eigenvalue weighted by Gasteiger charge is -2.21. The topological polar surface area (TPSA) is 88.2 Å². The standard InChI is InChI=1S/C24H20ClFN4O3/c1-17-21(24(25)30(28-17)20-10-8-18(26)9-11-20)12-13-23(32)33-16-22(31)29(15-5-14-27)19-6-3-2-4-7-19/h2-4,6-13H,5,15-16H2,1H3/b13-12+. The monoisotopic (exact) mass is 466 g/mol. The number of aryl methyl sites for hydroxylation is 1. The summed E-state index contributed by atoms with van der Waals surface area (Å²) < 4.78 is 19.7. The van der Waals surface area contributed by atoms with Gasteiger partial charge < -0.3 is 9.64 Å². The van der Waals surface area contributed by atoms with E-state index in [-0.39, 0.29) is 23.9 Å². The molecule has 0 saturated carbocycles. The van der Waals surface area contributed by atoms with Crippen molar-refractivity contribution >= 4 is 35.2 Å². The van der Waals surface area contributed by atoms with Crippen LogP contribution in [-0.4, -0.2) is 34.8 Å². The van der Waals surface area contributed by atoms with Crippen molar-refractivity contribution in [3.05, 3.63) is 82.9 Å². The van der Waals surface area contributed by atoms with Crippen molar-refractivity contribution in [2.24, 2.45) is 0 Å².